The Balaban J connectivity index is 2.20. The quantitative estimate of drug-likeness (QED) is 0.553. The van der Waals surface area contributed by atoms with Gasteiger partial charge in [-0.05, 0) is 19.4 Å². The molecule has 1 N–H and O–H groups in total. The fraction of sp³-hybridized carbons (Fsp3) is 0.857. The molecule has 0 saturated heterocycles. The predicted octanol–water partition coefficient (Wildman–Crippen LogP) is -0.177. The Labute approximate surface area is 60.9 Å². The van der Waals surface area contributed by atoms with Gasteiger partial charge in [-0.2, -0.15) is 5.26 Å². The molecule has 0 heterocycles. The van der Waals surface area contributed by atoms with Crippen LogP contribution in [0.3, 0.4) is 0 Å². The van der Waals surface area contributed by atoms with Crippen molar-refractivity contribution < 1.29 is 5.11 Å². The molecule has 1 rings (SSSR count). The van der Waals surface area contributed by atoms with Gasteiger partial charge in [0.2, 0.25) is 0 Å². The molecule has 2 atom stereocenters. The van der Waals surface area contributed by atoms with Crippen molar-refractivity contribution in [3.8, 4) is 6.07 Å². The third-order valence-electron chi connectivity index (χ3n) is 2.01. The molecule has 0 radical (unpaired) electrons. The van der Waals surface area contributed by atoms with E-state index in [1.54, 1.807) is 0 Å². The number of aliphatic hydroxyl groups is 1. The summed E-state index contributed by atoms with van der Waals surface area (Å²) in [7, 11) is 1.92. The molecular formula is C7H12N2O. The first-order chi connectivity index (χ1) is 4.79. The summed E-state index contributed by atoms with van der Waals surface area (Å²) in [6, 6.07) is 2.54. The third kappa shape index (κ3) is 1.47. The van der Waals surface area contributed by atoms with Crippen LogP contribution in [-0.2, 0) is 0 Å². The zero-order chi connectivity index (χ0) is 7.56. The standard InChI is InChI=1S/C7H12N2O/c1-9(3-2-8)7-4-6(7)5-10/h6-7,10H,3-5H2,1H3. The van der Waals surface area contributed by atoms with Crippen molar-refractivity contribution in [3.05, 3.63) is 0 Å². The molecule has 10 heavy (non-hydrogen) atoms. The molecule has 0 aromatic rings. The number of hydrogen-bond donors (Lipinski definition) is 1. The van der Waals surface area contributed by atoms with Crippen LogP contribution in [0.1, 0.15) is 6.42 Å². The first kappa shape index (κ1) is 7.52. The molecule has 1 aliphatic rings. The minimum absolute atomic E-state index is 0.264. The van der Waals surface area contributed by atoms with Gasteiger partial charge in [0.1, 0.15) is 0 Å². The van der Waals surface area contributed by atoms with Crippen LogP contribution < -0.4 is 0 Å². The summed E-state index contributed by atoms with van der Waals surface area (Å²) in [4.78, 5) is 1.99. The van der Waals surface area contributed by atoms with Gasteiger partial charge in [-0.3, -0.25) is 4.90 Å². The van der Waals surface area contributed by atoms with Crippen LogP contribution in [0.2, 0.25) is 0 Å². The van der Waals surface area contributed by atoms with Gasteiger partial charge in [0.25, 0.3) is 0 Å². The normalized spacial score (nSPS) is 30.2. The zero-order valence-electron chi connectivity index (χ0n) is 6.12. The Bertz CT molecular complexity index is 152. The molecular weight excluding hydrogens is 128 g/mol. The molecule has 0 bridgehead atoms. The van der Waals surface area contributed by atoms with E-state index in [2.05, 4.69) is 6.07 Å². The summed E-state index contributed by atoms with van der Waals surface area (Å²) in [5.74, 6) is 0.429. The molecule has 3 heteroatoms. The lowest BCUT2D eigenvalue weighted by Crippen LogP contribution is -2.23. The lowest BCUT2D eigenvalue weighted by Gasteiger charge is -2.10. The van der Waals surface area contributed by atoms with Gasteiger partial charge in [-0.25, -0.2) is 0 Å². The van der Waals surface area contributed by atoms with Crippen LogP contribution in [0.4, 0.5) is 0 Å². The van der Waals surface area contributed by atoms with Crippen molar-refractivity contribution >= 4 is 0 Å². The fourth-order valence-electron chi connectivity index (χ4n) is 1.20. The number of hydrogen-bond acceptors (Lipinski definition) is 3. The van der Waals surface area contributed by atoms with E-state index in [1.807, 2.05) is 11.9 Å². The van der Waals surface area contributed by atoms with Crippen molar-refractivity contribution in [1.82, 2.24) is 4.90 Å². The van der Waals surface area contributed by atoms with E-state index in [0.29, 0.717) is 18.5 Å². The molecule has 0 aromatic carbocycles. The Morgan fingerprint density at radius 3 is 2.90 bits per heavy atom. The lowest BCUT2D eigenvalue weighted by atomic mass is 10.4. The van der Waals surface area contributed by atoms with E-state index in [-0.39, 0.29) is 6.61 Å². The summed E-state index contributed by atoms with van der Waals surface area (Å²) in [5, 5.41) is 17.0. The van der Waals surface area contributed by atoms with Crippen LogP contribution in [0.5, 0.6) is 0 Å². The van der Waals surface area contributed by atoms with Crippen molar-refractivity contribution in [3.63, 3.8) is 0 Å². The molecule has 3 nitrogen and oxygen atoms in total. The number of aliphatic hydroxyl groups excluding tert-OH is 1. The first-order valence-electron chi connectivity index (χ1n) is 3.47. The van der Waals surface area contributed by atoms with Crippen molar-refractivity contribution in [1.29, 1.82) is 5.26 Å². The maximum atomic E-state index is 8.68. The van der Waals surface area contributed by atoms with E-state index < -0.39 is 0 Å². The second-order valence-corrected chi connectivity index (χ2v) is 2.82. The van der Waals surface area contributed by atoms with Gasteiger partial charge in [0.15, 0.2) is 0 Å². The Morgan fingerprint density at radius 1 is 1.80 bits per heavy atom. The molecule has 2 unspecified atom stereocenters. The van der Waals surface area contributed by atoms with Crippen LogP contribution in [0.25, 0.3) is 0 Å². The van der Waals surface area contributed by atoms with Crippen LogP contribution in [0.15, 0.2) is 0 Å². The summed E-state index contributed by atoms with van der Waals surface area (Å²) < 4.78 is 0. The molecule has 56 valence electrons. The summed E-state index contributed by atoms with van der Waals surface area (Å²) in [6.45, 7) is 0.738. The van der Waals surface area contributed by atoms with E-state index in [1.165, 1.54) is 0 Å². The van der Waals surface area contributed by atoms with Crippen molar-refractivity contribution in [2.75, 3.05) is 20.2 Å². The molecule has 1 fully saturated rings. The van der Waals surface area contributed by atoms with Gasteiger partial charge in [0, 0.05) is 12.6 Å². The molecule has 0 aromatic heterocycles. The number of nitrogens with zero attached hydrogens (tertiary/aromatic N) is 2. The minimum atomic E-state index is 0.264. The van der Waals surface area contributed by atoms with Crippen molar-refractivity contribution in [2.24, 2.45) is 5.92 Å². The summed E-state index contributed by atoms with van der Waals surface area (Å²) in [5.41, 5.74) is 0. The van der Waals surface area contributed by atoms with Crippen molar-refractivity contribution in [2.45, 2.75) is 12.5 Å². The number of nitriles is 1. The third-order valence-corrected chi connectivity index (χ3v) is 2.01. The van der Waals surface area contributed by atoms with E-state index in [0.717, 1.165) is 6.42 Å². The Morgan fingerprint density at radius 2 is 2.50 bits per heavy atom. The Hall–Kier alpha value is -0.590. The smallest absolute Gasteiger partial charge is 0.0866 e. The summed E-state index contributed by atoms with van der Waals surface area (Å²) in [6.07, 6.45) is 1.05. The van der Waals surface area contributed by atoms with Crippen LogP contribution in [0, 0.1) is 17.2 Å². The van der Waals surface area contributed by atoms with E-state index in [9.17, 15) is 0 Å². The average molecular weight is 140 g/mol. The second-order valence-electron chi connectivity index (χ2n) is 2.82. The van der Waals surface area contributed by atoms with E-state index in [4.69, 9.17) is 10.4 Å². The highest BCUT2D eigenvalue weighted by molar-refractivity contribution is 4.95. The average Bonchev–Trinajstić information content (AvgIpc) is 2.66. The van der Waals surface area contributed by atoms with E-state index >= 15 is 0 Å². The first-order valence-corrected chi connectivity index (χ1v) is 3.47. The molecule has 0 aliphatic heterocycles. The highest BCUT2D eigenvalue weighted by Crippen LogP contribution is 2.33. The van der Waals surface area contributed by atoms with Gasteiger partial charge in [0.05, 0.1) is 12.6 Å². The van der Waals surface area contributed by atoms with Crippen LogP contribution >= 0.6 is 0 Å². The molecule has 0 spiro atoms. The predicted molar refractivity (Wildman–Crippen MR) is 37.2 cm³/mol. The largest absolute Gasteiger partial charge is 0.396 e. The van der Waals surface area contributed by atoms with Crippen LogP contribution in [-0.4, -0.2) is 36.2 Å². The molecule has 0 amide bonds. The number of rotatable bonds is 3. The Kier molecular flexibility index (Phi) is 2.25. The zero-order valence-corrected chi connectivity index (χ0v) is 6.12. The topological polar surface area (TPSA) is 47.3 Å². The monoisotopic (exact) mass is 140 g/mol. The highest BCUT2D eigenvalue weighted by Gasteiger charge is 2.39. The van der Waals surface area contributed by atoms with Gasteiger partial charge < -0.3 is 5.11 Å². The minimum Gasteiger partial charge on any atom is -0.396 e. The van der Waals surface area contributed by atoms with Gasteiger partial charge in [-0.1, -0.05) is 0 Å². The second kappa shape index (κ2) is 3.00. The SMILES string of the molecule is CN(CC#N)C1CC1CO. The molecule has 1 saturated carbocycles. The lowest BCUT2D eigenvalue weighted by molar-refractivity contribution is 0.248. The fourth-order valence-corrected chi connectivity index (χ4v) is 1.20. The highest BCUT2D eigenvalue weighted by atomic mass is 16.3. The maximum absolute atomic E-state index is 8.68. The maximum Gasteiger partial charge on any atom is 0.0866 e. The molecule has 1 aliphatic carbocycles. The summed E-state index contributed by atoms with van der Waals surface area (Å²) >= 11 is 0. The van der Waals surface area contributed by atoms with Gasteiger partial charge >= 0.3 is 0 Å². The van der Waals surface area contributed by atoms with Gasteiger partial charge in [-0.15, -0.1) is 0 Å².